The van der Waals surface area contributed by atoms with Crippen LogP contribution in [0.2, 0.25) is 0 Å². The predicted molar refractivity (Wildman–Crippen MR) is 122 cm³/mol. The van der Waals surface area contributed by atoms with Gasteiger partial charge in [-0.05, 0) is 34.0 Å². The van der Waals surface area contributed by atoms with Gasteiger partial charge in [0.2, 0.25) is 0 Å². The van der Waals surface area contributed by atoms with Crippen LogP contribution < -0.4 is 0 Å². The van der Waals surface area contributed by atoms with Gasteiger partial charge in [-0.15, -0.1) is 8.58 Å². The van der Waals surface area contributed by atoms with Crippen molar-refractivity contribution in [1.82, 2.24) is 0 Å². The molecular weight excluding hydrogens is 374 g/mol. The molecule has 1 saturated carbocycles. The summed E-state index contributed by atoms with van der Waals surface area (Å²) in [5, 5.41) is 0. The molecule has 0 amide bonds. The van der Waals surface area contributed by atoms with Crippen LogP contribution in [-0.4, -0.2) is 17.0 Å². The molecule has 0 aromatic heterocycles. The van der Waals surface area contributed by atoms with Crippen LogP contribution in [0.3, 0.4) is 0 Å². The van der Waals surface area contributed by atoms with Crippen LogP contribution in [-0.2, 0) is 21.7 Å². The minimum atomic E-state index is 0. The summed E-state index contributed by atoms with van der Waals surface area (Å²) in [6.45, 7) is 24.6. The van der Waals surface area contributed by atoms with Crippen molar-refractivity contribution in [1.29, 1.82) is 0 Å². The van der Waals surface area contributed by atoms with Gasteiger partial charge in [-0.2, -0.15) is 12.8 Å². The summed E-state index contributed by atoms with van der Waals surface area (Å²) in [5.74, 6) is 0. The van der Waals surface area contributed by atoms with Gasteiger partial charge in [0.1, 0.15) is 0 Å². The van der Waals surface area contributed by atoms with Gasteiger partial charge in [0.05, 0.1) is 0 Å². The third kappa shape index (κ3) is 8.22. The Kier molecular flexibility index (Phi) is 14.4. The average Bonchev–Trinajstić information content (AvgIpc) is 2.23. The normalized spacial score (nSPS) is 22.3. The Hall–Kier alpha value is 1.57. The monoisotopic (exact) mass is 421 g/mol. The summed E-state index contributed by atoms with van der Waals surface area (Å²) < 4.78 is 0. The summed E-state index contributed by atoms with van der Waals surface area (Å²) in [6, 6.07) is 0. The molecule has 0 aromatic carbocycles. The molecule has 25 heavy (non-hydrogen) atoms. The fourth-order valence-electron chi connectivity index (χ4n) is 4.67. The van der Waals surface area contributed by atoms with E-state index in [0.29, 0.717) is 16.2 Å². The molecule has 1 aliphatic carbocycles. The molecule has 0 N–H and O–H groups in total. The number of hydrogen-bond donors (Lipinski definition) is 0. The van der Waals surface area contributed by atoms with Crippen molar-refractivity contribution in [3.63, 3.8) is 0 Å². The first kappa shape index (κ1) is 31.3. The van der Waals surface area contributed by atoms with Crippen LogP contribution in [0.1, 0.15) is 88.5 Å². The molecule has 0 aliphatic heterocycles. The van der Waals surface area contributed by atoms with Gasteiger partial charge >= 0.3 is 21.7 Å². The molecule has 3 atom stereocenters. The molecular formula is C22H47P2Ti. The minimum absolute atomic E-state index is 0. The second-order valence-corrected chi connectivity index (χ2v) is 14.5. The summed E-state index contributed by atoms with van der Waals surface area (Å²) in [4.78, 5) is 0. The van der Waals surface area contributed by atoms with Crippen molar-refractivity contribution in [2.45, 2.75) is 105 Å². The molecule has 0 spiro atoms. The standard InChI is InChI=1S/C20H41P2.2CH3.Ti/c1-14(2)21-16-11-17(22-15(3)4)13-20(12-16,18(5,6)7)19(8,9)10;;;/h14-16,21-22H,11-13H2,1-10H3;2*1H3;/q3*-1;+3. The van der Waals surface area contributed by atoms with Gasteiger partial charge in [0.15, 0.2) is 0 Å². The van der Waals surface area contributed by atoms with Gasteiger partial charge in [-0.3, -0.25) is 14.2 Å². The summed E-state index contributed by atoms with van der Waals surface area (Å²) in [6.07, 6.45) is 4.22. The van der Waals surface area contributed by atoms with Gasteiger partial charge < -0.3 is 14.9 Å². The summed E-state index contributed by atoms with van der Waals surface area (Å²) in [7, 11) is 2.20. The van der Waals surface area contributed by atoms with E-state index in [0.717, 1.165) is 34.1 Å². The summed E-state index contributed by atoms with van der Waals surface area (Å²) in [5.41, 5.74) is 5.69. The molecule has 3 unspecified atom stereocenters. The summed E-state index contributed by atoms with van der Waals surface area (Å²) >= 11 is 0. The average molecular weight is 421 g/mol. The molecule has 1 radical (unpaired) electrons. The van der Waals surface area contributed by atoms with Crippen LogP contribution in [0.15, 0.2) is 0 Å². The molecule has 1 rings (SSSR count). The Balaban J connectivity index is -0.00000161. The zero-order valence-corrected chi connectivity index (χ0v) is 22.9. The largest absolute Gasteiger partial charge is 3.00 e. The molecule has 0 nitrogen and oxygen atoms in total. The van der Waals surface area contributed by atoms with E-state index in [-0.39, 0.29) is 36.6 Å². The Morgan fingerprint density at radius 3 is 1.64 bits per heavy atom. The molecule has 3 heteroatoms. The van der Waals surface area contributed by atoms with Crippen molar-refractivity contribution in [3.8, 4) is 0 Å². The Morgan fingerprint density at radius 1 is 0.880 bits per heavy atom. The second kappa shape index (κ2) is 11.5. The molecule has 0 aromatic rings. The first-order valence-electron chi connectivity index (χ1n) is 9.16. The number of rotatable bonds is 4. The fourth-order valence-corrected chi connectivity index (χ4v) is 8.24. The van der Waals surface area contributed by atoms with Crippen LogP contribution in [0.4, 0.5) is 0 Å². The van der Waals surface area contributed by atoms with E-state index in [1.54, 1.807) is 0 Å². The van der Waals surface area contributed by atoms with E-state index < -0.39 is 0 Å². The van der Waals surface area contributed by atoms with Crippen LogP contribution in [0.25, 0.3) is 0 Å². The van der Waals surface area contributed by atoms with Gasteiger partial charge in [-0.1, -0.05) is 74.9 Å². The van der Waals surface area contributed by atoms with Crippen molar-refractivity contribution in [2.24, 2.45) is 16.2 Å². The maximum Gasteiger partial charge on any atom is 3.00 e. The first-order valence-corrected chi connectivity index (χ1v) is 11.4. The van der Waals surface area contributed by atoms with Gasteiger partial charge in [-0.25, -0.2) is 0 Å². The quantitative estimate of drug-likeness (QED) is 0.244. The van der Waals surface area contributed by atoms with E-state index in [1.165, 1.54) is 19.3 Å². The van der Waals surface area contributed by atoms with Crippen molar-refractivity contribution < 1.29 is 21.7 Å². The van der Waals surface area contributed by atoms with E-state index in [2.05, 4.69) is 69.2 Å². The third-order valence-corrected chi connectivity index (χ3v) is 8.45. The van der Waals surface area contributed by atoms with E-state index in [9.17, 15) is 0 Å². The fraction of sp³-hybridized carbons (Fsp3) is 0.864. The van der Waals surface area contributed by atoms with Gasteiger partial charge in [0, 0.05) is 0 Å². The predicted octanol–water partition coefficient (Wildman–Crippen LogP) is 8.22. The third-order valence-electron chi connectivity index (χ3n) is 5.54. The maximum atomic E-state index is 2.50. The topological polar surface area (TPSA) is 0 Å². The first-order chi connectivity index (χ1) is 9.78. The SMILES string of the molecule is CC(C)P[C-]1CC(PC(C)C)CC(C(C)(C)C)(C(C)(C)C)C1.[CH3-].[CH3-].[Ti+3]. The molecule has 149 valence electrons. The maximum absolute atomic E-state index is 2.50. The Bertz CT molecular complexity index is 316. The molecule has 1 fully saturated rings. The molecule has 0 saturated heterocycles. The van der Waals surface area contributed by atoms with Gasteiger partial charge in [0.25, 0.3) is 0 Å². The number of hydrogen-bond acceptors (Lipinski definition) is 0. The molecule has 0 heterocycles. The zero-order chi connectivity index (χ0) is 17.3. The van der Waals surface area contributed by atoms with E-state index in [1.807, 2.05) is 5.66 Å². The van der Waals surface area contributed by atoms with E-state index in [4.69, 9.17) is 0 Å². The van der Waals surface area contributed by atoms with Crippen LogP contribution >= 0.6 is 17.2 Å². The van der Waals surface area contributed by atoms with Crippen molar-refractivity contribution >= 4 is 17.2 Å². The van der Waals surface area contributed by atoms with Crippen molar-refractivity contribution in [3.05, 3.63) is 20.5 Å². The second-order valence-electron chi connectivity index (χ2n) is 10.1. The zero-order valence-electron chi connectivity index (χ0n) is 19.4. The molecule has 0 bridgehead atoms. The molecule has 1 aliphatic rings. The smallest absolute Gasteiger partial charge is 0.358 e. The van der Waals surface area contributed by atoms with Crippen LogP contribution in [0.5, 0.6) is 0 Å². The Morgan fingerprint density at radius 2 is 1.32 bits per heavy atom. The van der Waals surface area contributed by atoms with Crippen molar-refractivity contribution in [2.75, 3.05) is 0 Å². The van der Waals surface area contributed by atoms with Crippen LogP contribution in [0, 0.1) is 36.8 Å². The Labute approximate surface area is 180 Å². The van der Waals surface area contributed by atoms with E-state index >= 15 is 0 Å². The minimum Gasteiger partial charge on any atom is -0.358 e.